The van der Waals surface area contributed by atoms with Crippen LogP contribution < -0.4 is 4.90 Å². The monoisotopic (exact) mass is 663 g/mol. The van der Waals surface area contributed by atoms with Gasteiger partial charge >= 0.3 is 0 Å². The number of benzene rings is 9. The number of hydrogen-bond acceptors (Lipinski definition) is 2. The van der Waals surface area contributed by atoms with Gasteiger partial charge in [-0.3, -0.25) is 0 Å². The van der Waals surface area contributed by atoms with Gasteiger partial charge in [-0.2, -0.15) is 0 Å². The summed E-state index contributed by atoms with van der Waals surface area (Å²) in [5.41, 5.74) is 12.0. The van der Waals surface area contributed by atoms with E-state index in [1.165, 1.54) is 32.7 Å². The van der Waals surface area contributed by atoms with Gasteiger partial charge in [-0.05, 0) is 92.3 Å². The quantitative estimate of drug-likeness (QED) is 0.176. The molecule has 0 aliphatic carbocycles. The lowest BCUT2D eigenvalue weighted by Crippen LogP contribution is -2.12. The number of hydrogen-bond donors (Lipinski definition) is 0. The highest BCUT2D eigenvalue weighted by Gasteiger charge is 2.23. The Morgan fingerprint density at radius 3 is 1.71 bits per heavy atom. The minimum absolute atomic E-state index is 0.882. The minimum atomic E-state index is 0.882. The van der Waals surface area contributed by atoms with E-state index >= 15 is 0 Å². The van der Waals surface area contributed by atoms with E-state index in [1.807, 2.05) is 0 Å². The molecule has 0 aliphatic heterocycles. The average molecular weight is 664 g/mol. The Kier molecular flexibility index (Phi) is 7.18. The Labute approximate surface area is 302 Å². The fourth-order valence-electron chi connectivity index (χ4n) is 7.76. The van der Waals surface area contributed by atoms with Crippen molar-refractivity contribution in [3.63, 3.8) is 0 Å². The molecule has 0 bridgehead atoms. The van der Waals surface area contributed by atoms with E-state index in [2.05, 4.69) is 205 Å². The molecule has 52 heavy (non-hydrogen) atoms. The maximum atomic E-state index is 6.55. The van der Waals surface area contributed by atoms with Crippen molar-refractivity contribution < 1.29 is 4.42 Å². The van der Waals surface area contributed by atoms with Gasteiger partial charge in [0.1, 0.15) is 11.2 Å². The summed E-state index contributed by atoms with van der Waals surface area (Å²) < 4.78 is 6.55. The van der Waals surface area contributed by atoms with E-state index in [9.17, 15) is 0 Å². The number of anilines is 3. The molecule has 2 heteroatoms. The molecule has 0 N–H and O–H groups in total. The Bertz CT molecular complexity index is 2920. The molecule has 0 aliphatic rings. The topological polar surface area (TPSA) is 16.4 Å². The van der Waals surface area contributed by atoms with Gasteiger partial charge in [0.05, 0.1) is 11.4 Å². The molecule has 0 saturated carbocycles. The second-order valence-electron chi connectivity index (χ2n) is 13.3. The van der Waals surface area contributed by atoms with Crippen molar-refractivity contribution in [1.29, 1.82) is 0 Å². The standard InChI is InChI=1S/C50H33NO/c1-2-15-35(16-3-1)42-22-8-10-25-46(42)51(41-21-12-20-37(31-41)40-29-28-34-14-4-5-17-36(34)30-40)47-26-11-9-23-43(47)44-24-13-27-48-50(44)45-32-38-18-6-7-19-39(38)33-49(45)52-48/h1-33H. The van der Waals surface area contributed by atoms with Crippen molar-refractivity contribution in [3.05, 3.63) is 200 Å². The van der Waals surface area contributed by atoms with E-state index in [1.54, 1.807) is 0 Å². The Hall–Kier alpha value is -6.90. The smallest absolute Gasteiger partial charge is 0.136 e. The summed E-state index contributed by atoms with van der Waals surface area (Å²) in [4.78, 5) is 2.43. The zero-order valence-corrected chi connectivity index (χ0v) is 28.4. The van der Waals surface area contributed by atoms with Gasteiger partial charge in [-0.25, -0.2) is 0 Å². The maximum absolute atomic E-state index is 6.55. The van der Waals surface area contributed by atoms with Crippen LogP contribution in [0.5, 0.6) is 0 Å². The molecule has 0 radical (unpaired) electrons. The Morgan fingerprint density at radius 2 is 0.904 bits per heavy atom. The first kappa shape index (κ1) is 30.0. The molecule has 0 atom stereocenters. The van der Waals surface area contributed by atoms with Crippen LogP contribution in [0, 0.1) is 0 Å². The first-order valence-corrected chi connectivity index (χ1v) is 17.8. The molecule has 0 unspecified atom stereocenters. The van der Waals surface area contributed by atoms with Crippen LogP contribution in [0.2, 0.25) is 0 Å². The van der Waals surface area contributed by atoms with E-state index in [4.69, 9.17) is 4.42 Å². The first-order valence-electron chi connectivity index (χ1n) is 17.8. The van der Waals surface area contributed by atoms with Crippen LogP contribution in [-0.2, 0) is 0 Å². The van der Waals surface area contributed by atoms with Crippen LogP contribution in [-0.4, -0.2) is 0 Å². The largest absolute Gasteiger partial charge is 0.456 e. The predicted molar refractivity (Wildman–Crippen MR) is 220 cm³/mol. The maximum Gasteiger partial charge on any atom is 0.136 e. The molecule has 1 aromatic heterocycles. The van der Waals surface area contributed by atoms with E-state index in [-0.39, 0.29) is 0 Å². The Morgan fingerprint density at radius 1 is 0.327 bits per heavy atom. The van der Waals surface area contributed by atoms with E-state index in [0.717, 1.165) is 61.3 Å². The van der Waals surface area contributed by atoms with Crippen molar-refractivity contribution in [2.75, 3.05) is 4.90 Å². The normalized spacial score (nSPS) is 11.5. The molecule has 0 fully saturated rings. The SMILES string of the molecule is c1ccc(-c2ccccc2N(c2cccc(-c3ccc4ccccc4c3)c2)c2ccccc2-c2cccc3oc4cc5ccccc5cc4c23)cc1. The molecule has 0 saturated heterocycles. The van der Waals surface area contributed by atoms with Crippen molar-refractivity contribution in [2.45, 2.75) is 0 Å². The summed E-state index contributed by atoms with van der Waals surface area (Å²) in [6, 6.07) is 71.8. The molecule has 0 spiro atoms. The van der Waals surface area contributed by atoms with Gasteiger partial charge in [0.15, 0.2) is 0 Å². The number of nitrogens with zero attached hydrogens (tertiary/aromatic N) is 1. The zero-order chi connectivity index (χ0) is 34.4. The van der Waals surface area contributed by atoms with Crippen molar-refractivity contribution >= 4 is 60.5 Å². The summed E-state index contributed by atoms with van der Waals surface area (Å²) in [6.45, 7) is 0. The third-order valence-corrected chi connectivity index (χ3v) is 10.2. The van der Waals surface area contributed by atoms with Gasteiger partial charge < -0.3 is 9.32 Å². The molecule has 9 aromatic carbocycles. The van der Waals surface area contributed by atoms with E-state index in [0.29, 0.717) is 0 Å². The molecule has 1 heterocycles. The predicted octanol–water partition coefficient (Wildman–Crippen LogP) is 14.4. The average Bonchev–Trinajstić information content (AvgIpc) is 3.58. The molecule has 10 rings (SSSR count). The highest BCUT2D eigenvalue weighted by Crippen LogP contribution is 2.47. The lowest BCUT2D eigenvalue weighted by molar-refractivity contribution is 0.669. The third kappa shape index (κ3) is 5.12. The summed E-state index contributed by atoms with van der Waals surface area (Å²) in [7, 11) is 0. The highest BCUT2D eigenvalue weighted by atomic mass is 16.3. The van der Waals surface area contributed by atoms with Gasteiger partial charge in [0.2, 0.25) is 0 Å². The highest BCUT2D eigenvalue weighted by molar-refractivity contribution is 6.16. The second kappa shape index (κ2) is 12.5. The van der Waals surface area contributed by atoms with Crippen LogP contribution in [0.25, 0.3) is 76.9 Å². The first-order chi connectivity index (χ1) is 25.8. The van der Waals surface area contributed by atoms with Gasteiger partial charge in [-0.15, -0.1) is 0 Å². The summed E-state index contributed by atoms with van der Waals surface area (Å²) in [5.74, 6) is 0. The van der Waals surface area contributed by atoms with Crippen LogP contribution in [0.4, 0.5) is 17.1 Å². The van der Waals surface area contributed by atoms with Crippen LogP contribution in [0.1, 0.15) is 0 Å². The molecular formula is C50H33NO. The zero-order valence-electron chi connectivity index (χ0n) is 28.4. The summed E-state index contributed by atoms with van der Waals surface area (Å²) in [5, 5.41) is 7.08. The van der Waals surface area contributed by atoms with E-state index < -0.39 is 0 Å². The number of rotatable bonds is 6. The number of furan rings is 1. The van der Waals surface area contributed by atoms with Crippen LogP contribution in [0.15, 0.2) is 205 Å². The minimum Gasteiger partial charge on any atom is -0.456 e. The third-order valence-electron chi connectivity index (χ3n) is 10.2. The summed E-state index contributed by atoms with van der Waals surface area (Å²) >= 11 is 0. The second-order valence-corrected chi connectivity index (χ2v) is 13.3. The van der Waals surface area contributed by atoms with Crippen LogP contribution in [0.3, 0.4) is 0 Å². The Balaban J connectivity index is 1.22. The van der Waals surface area contributed by atoms with Gasteiger partial charge in [0.25, 0.3) is 0 Å². The molecular weight excluding hydrogens is 631 g/mol. The van der Waals surface area contributed by atoms with Crippen molar-refractivity contribution in [3.8, 4) is 33.4 Å². The van der Waals surface area contributed by atoms with Gasteiger partial charge in [-0.1, -0.05) is 152 Å². The molecule has 0 amide bonds. The molecule has 244 valence electrons. The fourth-order valence-corrected chi connectivity index (χ4v) is 7.76. The molecule has 2 nitrogen and oxygen atoms in total. The van der Waals surface area contributed by atoms with Crippen molar-refractivity contribution in [1.82, 2.24) is 0 Å². The fraction of sp³-hybridized carbons (Fsp3) is 0. The van der Waals surface area contributed by atoms with Crippen molar-refractivity contribution in [2.24, 2.45) is 0 Å². The number of fused-ring (bicyclic) bond motifs is 5. The summed E-state index contributed by atoms with van der Waals surface area (Å²) in [6.07, 6.45) is 0. The lowest BCUT2D eigenvalue weighted by atomic mass is 9.95. The lowest BCUT2D eigenvalue weighted by Gasteiger charge is -2.30. The van der Waals surface area contributed by atoms with Crippen LogP contribution >= 0.6 is 0 Å². The number of para-hydroxylation sites is 2. The van der Waals surface area contributed by atoms with Gasteiger partial charge in [0, 0.05) is 27.6 Å². The molecule has 10 aromatic rings.